The van der Waals surface area contributed by atoms with Crippen LogP contribution in [0.2, 0.25) is 0 Å². The normalized spacial score (nSPS) is 22.3. The first-order chi connectivity index (χ1) is 21.9. The minimum atomic E-state index is 0.886. The molecule has 2 aliphatic rings. The van der Waals surface area contributed by atoms with Gasteiger partial charge in [0.25, 0.3) is 0 Å². The maximum Gasteiger partial charge on any atom is -0.00822 e. The Labute approximate surface area is 261 Å². The fourth-order valence-corrected chi connectivity index (χ4v) is 6.78. The molecule has 44 heavy (non-hydrogen) atoms. The molecule has 0 aromatic heterocycles. The first kappa shape index (κ1) is 27.9. The fourth-order valence-electron chi connectivity index (χ4n) is 6.78. The summed E-state index contributed by atoms with van der Waals surface area (Å²) in [5.74, 6) is 0. The highest BCUT2D eigenvalue weighted by Gasteiger charge is 2.12. The fraction of sp³-hybridized carbons (Fsp3) is 0.136. The lowest BCUT2D eigenvalue weighted by molar-refractivity contribution is 0.842. The topological polar surface area (TPSA) is 0 Å². The molecule has 2 aliphatic carbocycles. The summed E-state index contributed by atoms with van der Waals surface area (Å²) in [6.45, 7) is 0. The lowest BCUT2D eigenvalue weighted by Gasteiger charge is -2.15. The third-order valence-electron chi connectivity index (χ3n) is 8.99. The molecule has 0 nitrogen and oxygen atoms in total. The molecule has 0 heteroatoms. The van der Waals surface area contributed by atoms with Gasteiger partial charge in [0.05, 0.1) is 0 Å². The van der Waals surface area contributed by atoms with Crippen molar-refractivity contribution in [1.29, 1.82) is 0 Å². The summed E-state index contributed by atoms with van der Waals surface area (Å²) in [7, 11) is 0. The molecule has 0 aliphatic heterocycles. The van der Waals surface area contributed by atoms with E-state index < -0.39 is 0 Å². The minimum Gasteiger partial charge on any atom is -0.0882 e. The van der Waals surface area contributed by atoms with Crippen molar-refractivity contribution in [2.75, 3.05) is 0 Å². The first-order valence-electron chi connectivity index (χ1n) is 16.0. The molecule has 0 spiro atoms. The minimum absolute atomic E-state index is 0.886. The molecule has 0 saturated carbocycles. The molecule has 0 bridgehead atoms. The third kappa shape index (κ3) is 5.81. The Morgan fingerprint density at radius 2 is 1.14 bits per heavy atom. The van der Waals surface area contributed by atoms with E-state index in [9.17, 15) is 0 Å². The van der Waals surface area contributed by atoms with Crippen LogP contribution in [-0.4, -0.2) is 0 Å². The second-order valence-corrected chi connectivity index (χ2v) is 11.8. The molecule has 0 unspecified atom stereocenters. The summed E-state index contributed by atoms with van der Waals surface area (Å²) < 4.78 is 0. The quantitative estimate of drug-likeness (QED) is 0.151. The SMILES string of the molecule is C1=C\CC(/C2=C/C=C\C/C=C\CCC2)=c2/cccc/c2=C(\c2ccc(-c3cc4ccccc4c4ccccc34)cc2)C\C=C/1. The predicted octanol–water partition coefficient (Wildman–Crippen LogP) is 10.5. The van der Waals surface area contributed by atoms with Crippen LogP contribution in [0.25, 0.3) is 43.8 Å². The van der Waals surface area contributed by atoms with Crippen LogP contribution in [0.15, 0.2) is 163 Å². The van der Waals surface area contributed by atoms with Gasteiger partial charge in [0.2, 0.25) is 0 Å². The number of allylic oxidation sites excluding steroid dienone is 10. The second kappa shape index (κ2) is 13.1. The lowest BCUT2D eigenvalue weighted by Crippen LogP contribution is -2.30. The molecule has 214 valence electrons. The Balaban J connectivity index is 1.39. The molecule has 7 rings (SSSR count). The second-order valence-electron chi connectivity index (χ2n) is 11.8. The highest BCUT2D eigenvalue weighted by atomic mass is 14.2. The van der Waals surface area contributed by atoms with Gasteiger partial charge in [-0.2, -0.15) is 0 Å². The van der Waals surface area contributed by atoms with Crippen LogP contribution >= 0.6 is 0 Å². The Hall–Kier alpha value is -4.94. The molecule has 0 fully saturated rings. The van der Waals surface area contributed by atoms with Crippen LogP contribution in [0.5, 0.6) is 0 Å². The van der Waals surface area contributed by atoms with Gasteiger partial charge in [0.1, 0.15) is 0 Å². The Bertz CT molecular complexity index is 2090. The van der Waals surface area contributed by atoms with E-state index in [2.05, 4.69) is 158 Å². The summed E-state index contributed by atoms with van der Waals surface area (Å²) in [5.41, 5.74) is 8.09. The third-order valence-corrected chi connectivity index (χ3v) is 8.99. The van der Waals surface area contributed by atoms with Crippen molar-refractivity contribution in [1.82, 2.24) is 0 Å². The van der Waals surface area contributed by atoms with Crippen molar-refractivity contribution in [2.24, 2.45) is 0 Å². The van der Waals surface area contributed by atoms with Gasteiger partial charge in [0, 0.05) is 0 Å². The summed E-state index contributed by atoms with van der Waals surface area (Å²) in [6.07, 6.45) is 26.8. The van der Waals surface area contributed by atoms with Crippen molar-refractivity contribution in [3.05, 3.63) is 179 Å². The van der Waals surface area contributed by atoms with E-state index in [-0.39, 0.29) is 0 Å². The van der Waals surface area contributed by atoms with Crippen molar-refractivity contribution in [3.8, 4) is 11.1 Å². The van der Waals surface area contributed by atoms with Gasteiger partial charge in [-0.25, -0.2) is 0 Å². The molecule has 0 saturated heterocycles. The molecule has 0 radical (unpaired) electrons. The Morgan fingerprint density at radius 1 is 0.477 bits per heavy atom. The standard InChI is InChI=1S/C44H38/c1-2-4-8-18-33(19-9-5-3-1)37-21-10-6-7-11-22-38(41-25-15-14-24-40(37)41)34-28-30-35(31-29-34)44-32-36-20-12-13-23-39(36)42-26-16-17-27-43(42)44/h1-2,5-7,9-17,19-20,23-32H,3-4,8,18,21-22H2/b2-1-,9-5-,10-6-,11-7-,33-19+,40-37+,41-38+. The van der Waals surface area contributed by atoms with Gasteiger partial charge >= 0.3 is 0 Å². The summed E-state index contributed by atoms with van der Waals surface area (Å²) in [4.78, 5) is 0. The smallest absolute Gasteiger partial charge is 0.00822 e. The Kier molecular flexibility index (Phi) is 8.33. The molecule has 5 aromatic carbocycles. The number of fused-ring (bicyclic) bond motifs is 4. The van der Waals surface area contributed by atoms with Crippen molar-refractivity contribution >= 4 is 32.7 Å². The molecule has 0 heterocycles. The van der Waals surface area contributed by atoms with Gasteiger partial charge in [-0.1, -0.05) is 152 Å². The largest absolute Gasteiger partial charge is 0.0882 e. The van der Waals surface area contributed by atoms with Gasteiger partial charge in [-0.05, 0) is 110 Å². The van der Waals surface area contributed by atoms with E-state index in [0.717, 1.165) is 32.1 Å². The zero-order chi connectivity index (χ0) is 29.6. The highest BCUT2D eigenvalue weighted by Crippen LogP contribution is 2.35. The summed E-state index contributed by atoms with van der Waals surface area (Å²) in [5, 5.41) is 7.90. The Morgan fingerprint density at radius 3 is 1.95 bits per heavy atom. The van der Waals surface area contributed by atoms with Crippen LogP contribution in [0.3, 0.4) is 0 Å². The maximum atomic E-state index is 2.36. The van der Waals surface area contributed by atoms with Gasteiger partial charge < -0.3 is 0 Å². The zero-order valence-electron chi connectivity index (χ0n) is 25.3. The number of benzene rings is 5. The van der Waals surface area contributed by atoms with E-state index in [1.54, 1.807) is 0 Å². The van der Waals surface area contributed by atoms with E-state index in [4.69, 9.17) is 0 Å². The van der Waals surface area contributed by atoms with Crippen LogP contribution in [0.4, 0.5) is 0 Å². The van der Waals surface area contributed by atoms with Crippen LogP contribution in [0.1, 0.15) is 44.1 Å². The van der Waals surface area contributed by atoms with Gasteiger partial charge in [0.15, 0.2) is 0 Å². The maximum absolute atomic E-state index is 2.36. The van der Waals surface area contributed by atoms with E-state index in [1.807, 2.05) is 0 Å². The average Bonchev–Trinajstić information content (AvgIpc) is 3.09. The molecule has 5 aromatic rings. The predicted molar refractivity (Wildman–Crippen MR) is 191 cm³/mol. The van der Waals surface area contributed by atoms with Crippen molar-refractivity contribution < 1.29 is 0 Å². The van der Waals surface area contributed by atoms with Gasteiger partial charge in [-0.3, -0.25) is 0 Å². The van der Waals surface area contributed by atoms with Crippen LogP contribution < -0.4 is 10.4 Å². The van der Waals surface area contributed by atoms with E-state index >= 15 is 0 Å². The molecule has 0 amide bonds. The summed E-state index contributed by atoms with van der Waals surface area (Å²) >= 11 is 0. The van der Waals surface area contributed by atoms with Crippen molar-refractivity contribution in [3.63, 3.8) is 0 Å². The molecular weight excluding hydrogens is 528 g/mol. The molecule has 0 N–H and O–H groups in total. The van der Waals surface area contributed by atoms with E-state index in [1.165, 1.54) is 71.8 Å². The monoisotopic (exact) mass is 566 g/mol. The number of hydrogen-bond donors (Lipinski definition) is 0. The van der Waals surface area contributed by atoms with Crippen molar-refractivity contribution in [2.45, 2.75) is 38.5 Å². The van der Waals surface area contributed by atoms with Crippen LogP contribution in [0, 0.1) is 0 Å². The highest BCUT2D eigenvalue weighted by molar-refractivity contribution is 6.13. The van der Waals surface area contributed by atoms with Crippen LogP contribution in [-0.2, 0) is 0 Å². The molecular formula is C44H38. The zero-order valence-corrected chi connectivity index (χ0v) is 25.3. The summed E-state index contributed by atoms with van der Waals surface area (Å²) in [6, 6.07) is 38.2. The molecule has 0 atom stereocenters. The van der Waals surface area contributed by atoms with Gasteiger partial charge in [-0.15, -0.1) is 0 Å². The van der Waals surface area contributed by atoms with E-state index in [0.29, 0.717) is 0 Å². The average molecular weight is 567 g/mol. The first-order valence-corrected chi connectivity index (χ1v) is 16.0. The number of hydrogen-bond acceptors (Lipinski definition) is 0. The number of rotatable bonds is 3. The lowest BCUT2D eigenvalue weighted by atomic mass is 9.89.